The average Bonchev–Trinajstić information content (AvgIpc) is 0.811. The molecule has 0 aliphatic rings. The van der Waals surface area contributed by atoms with Gasteiger partial charge in [0.1, 0.15) is 0 Å². The van der Waals surface area contributed by atoms with E-state index < -0.39 is 5.97 Å². The number of carboxylic acid groups (broad SMARTS) is 1. The zero-order chi connectivity index (χ0) is 3.58. The molecule has 0 aliphatic heterocycles. The van der Waals surface area contributed by atoms with Crippen molar-refractivity contribution in [3.05, 3.63) is 0 Å². The smallest absolute Gasteiger partial charge is 0.300 e. The minimum Gasteiger partial charge on any atom is -0.481 e. The summed E-state index contributed by atoms with van der Waals surface area (Å²) in [6, 6.07) is 0. The van der Waals surface area contributed by atoms with E-state index in [1.54, 1.807) is 0 Å². The van der Waals surface area contributed by atoms with Crippen molar-refractivity contribution in [3.8, 4) is 0 Å². The van der Waals surface area contributed by atoms with Gasteiger partial charge in [-0.05, 0) is 0 Å². The summed E-state index contributed by atoms with van der Waals surface area (Å²) in [6.45, 7) is 1.08. The van der Waals surface area contributed by atoms with E-state index in [-0.39, 0.29) is 22.8 Å². The maximum absolute atomic E-state index is 9.00. The summed E-state index contributed by atoms with van der Waals surface area (Å²) in [5.41, 5.74) is 0. The molecule has 0 aliphatic carbocycles. The summed E-state index contributed by atoms with van der Waals surface area (Å²) in [6.07, 6.45) is 0. The van der Waals surface area contributed by atoms with Gasteiger partial charge in [-0.1, -0.05) is 0 Å². The van der Waals surface area contributed by atoms with Crippen LogP contribution >= 0.6 is 0 Å². The van der Waals surface area contributed by atoms with Crippen LogP contribution in [0.3, 0.4) is 0 Å². The zero-order valence-corrected chi connectivity index (χ0v) is 4.54. The van der Waals surface area contributed by atoms with Gasteiger partial charge in [0.25, 0.3) is 5.97 Å². The Bertz CT molecular complexity index is 31.8. The van der Waals surface area contributed by atoms with Crippen LogP contribution in [-0.4, -0.2) is 16.6 Å². The van der Waals surface area contributed by atoms with Crippen LogP contribution in [0.1, 0.15) is 6.92 Å². The van der Waals surface area contributed by atoms with E-state index >= 15 is 0 Å². The van der Waals surface area contributed by atoms with Gasteiger partial charge in [0, 0.05) is 24.3 Å². The van der Waals surface area contributed by atoms with Gasteiger partial charge in [0.15, 0.2) is 0 Å². The normalized spacial score (nSPS) is 4.17. The minimum absolute atomic E-state index is 0. The van der Waals surface area contributed by atoms with E-state index in [1.807, 2.05) is 0 Å². The van der Waals surface area contributed by atoms with Crippen LogP contribution in [0.5, 0.6) is 0 Å². The van der Waals surface area contributed by atoms with Crippen molar-refractivity contribution >= 4 is 5.97 Å². The zero-order valence-electron chi connectivity index (χ0n) is 3.26. The van der Waals surface area contributed by atoms with E-state index in [0.29, 0.717) is 0 Å². The first-order valence-electron chi connectivity index (χ1n) is 0.928. The van der Waals surface area contributed by atoms with Crippen molar-refractivity contribution in [1.29, 1.82) is 0 Å². The molecular formula is C2H6CrO3. The van der Waals surface area contributed by atoms with Gasteiger partial charge in [-0.25, -0.2) is 0 Å². The molecule has 4 heteroatoms. The third-order valence-electron chi connectivity index (χ3n) is 0. The Morgan fingerprint density at radius 1 is 1.67 bits per heavy atom. The Balaban J connectivity index is -0.0000000450. The number of aliphatic carboxylic acids is 1. The number of carboxylic acids is 1. The van der Waals surface area contributed by atoms with Crippen molar-refractivity contribution in [1.82, 2.24) is 0 Å². The third-order valence-corrected chi connectivity index (χ3v) is 0. The molecule has 0 saturated carbocycles. The van der Waals surface area contributed by atoms with Crippen molar-refractivity contribution in [2.24, 2.45) is 0 Å². The van der Waals surface area contributed by atoms with Crippen LogP contribution in [0, 0.1) is 0 Å². The second kappa shape index (κ2) is 8.88. The van der Waals surface area contributed by atoms with Gasteiger partial charge in [-0.15, -0.1) is 0 Å². The number of hydrogen-bond acceptors (Lipinski definition) is 1. The van der Waals surface area contributed by atoms with Gasteiger partial charge in [0.05, 0.1) is 0 Å². The second-order valence-corrected chi connectivity index (χ2v) is 0.519. The Labute approximate surface area is 46.4 Å². The van der Waals surface area contributed by atoms with Gasteiger partial charge in [-0.2, -0.15) is 0 Å². The van der Waals surface area contributed by atoms with Gasteiger partial charge in [0.2, 0.25) is 0 Å². The monoisotopic (exact) mass is 130 g/mol. The fourth-order valence-electron chi connectivity index (χ4n) is 0. The average molecular weight is 130 g/mol. The molecule has 38 valence electrons. The SMILES string of the molecule is CC(=O)O.O.[Cr]. The Kier molecular flexibility index (Phi) is 24.8. The van der Waals surface area contributed by atoms with Crippen LogP contribution in [0.25, 0.3) is 0 Å². The van der Waals surface area contributed by atoms with Gasteiger partial charge < -0.3 is 10.6 Å². The summed E-state index contributed by atoms with van der Waals surface area (Å²) in [4.78, 5) is 9.00. The van der Waals surface area contributed by atoms with E-state index in [9.17, 15) is 0 Å². The van der Waals surface area contributed by atoms with E-state index in [0.717, 1.165) is 6.92 Å². The van der Waals surface area contributed by atoms with Crippen molar-refractivity contribution in [2.75, 3.05) is 0 Å². The predicted molar refractivity (Wildman–Crippen MR) is 16.9 cm³/mol. The minimum atomic E-state index is -0.833. The molecule has 0 amide bonds. The van der Waals surface area contributed by atoms with Crippen LogP contribution in [0.15, 0.2) is 0 Å². The fourth-order valence-corrected chi connectivity index (χ4v) is 0. The van der Waals surface area contributed by atoms with Crippen LogP contribution < -0.4 is 0 Å². The molecule has 0 aromatic carbocycles. The molecule has 0 radical (unpaired) electrons. The Hall–Kier alpha value is -0.0375. The molecule has 3 nitrogen and oxygen atoms in total. The fraction of sp³-hybridized carbons (Fsp3) is 0.500. The summed E-state index contributed by atoms with van der Waals surface area (Å²) < 4.78 is 0. The molecule has 6 heavy (non-hydrogen) atoms. The van der Waals surface area contributed by atoms with Crippen LogP contribution in [0.2, 0.25) is 0 Å². The molecular weight excluding hydrogens is 124 g/mol. The molecule has 3 N–H and O–H groups in total. The number of carbonyl (C=O) groups is 1. The third kappa shape index (κ3) is 24700. The van der Waals surface area contributed by atoms with Crippen molar-refractivity contribution in [3.63, 3.8) is 0 Å². The van der Waals surface area contributed by atoms with E-state index in [1.165, 1.54) is 0 Å². The first-order chi connectivity index (χ1) is 1.73. The van der Waals surface area contributed by atoms with Crippen LogP contribution in [-0.2, 0) is 22.2 Å². The summed E-state index contributed by atoms with van der Waals surface area (Å²) >= 11 is 0. The van der Waals surface area contributed by atoms with Crippen molar-refractivity contribution < 1.29 is 32.7 Å². The number of hydrogen-bond donors (Lipinski definition) is 1. The quantitative estimate of drug-likeness (QED) is 0.469. The van der Waals surface area contributed by atoms with Gasteiger partial charge in [-0.3, -0.25) is 4.79 Å². The topological polar surface area (TPSA) is 68.8 Å². The molecule has 0 spiro atoms. The van der Waals surface area contributed by atoms with Crippen LogP contribution in [0.4, 0.5) is 0 Å². The predicted octanol–water partition coefficient (Wildman–Crippen LogP) is -0.736. The molecule has 0 saturated heterocycles. The molecule has 0 atom stereocenters. The first kappa shape index (κ1) is 16.7. The molecule has 0 bridgehead atoms. The Morgan fingerprint density at radius 2 is 1.67 bits per heavy atom. The maximum Gasteiger partial charge on any atom is 0.300 e. The molecule has 0 unspecified atom stereocenters. The molecule has 0 fully saturated rings. The standard InChI is InChI=1S/C2H4O2.Cr.H2O/c1-2(3)4;;/h1H3,(H,3,4);;1H2. The maximum atomic E-state index is 9.00. The largest absolute Gasteiger partial charge is 0.481 e. The van der Waals surface area contributed by atoms with Crippen molar-refractivity contribution in [2.45, 2.75) is 6.92 Å². The summed E-state index contributed by atoms with van der Waals surface area (Å²) in [5, 5.41) is 7.42. The summed E-state index contributed by atoms with van der Waals surface area (Å²) in [5.74, 6) is -0.833. The second-order valence-electron chi connectivity index (χ2n) is 0.519. The molecule has 0 heterocycles. The first-order valence-corrected chi connectivity index (χ1v) is 0.928. The molecule has 0 aromatic heterocycles. The summed E-state index contributed by atoms with van der Waals surface area (Å²) in [7, 11) is 0. The Morgan fingerprint density at radius 3 is 1.67 bits per heavy atom. The van der Waals surface area contributed by atoms with Gasteiger partial charge >= 0.3 is 0 Å². The molecule has 0 rings (SSSR count). The van der Waals surface area contributed by atoms with E-state index in [4.69, 9.17) is 9.90 Å². The number of rotatable bonds is 0. The molecule has 0 aromatic rings. The van der Waals surface area contributed by atoms with E-state index in [2.05, 4.69) is 0 Å².